The van der Waals surface area contributed by atoms with Gasteiger partial charge in [-0.1, -0.05) is 13.8 Å². The molecule has 0 saturated heterocycles. The van der Waals surface area contributed by atoms with Crippen molar-refractivity contribution in [3.05, 3.63) is 0 Å². The van der Waals surface area contributed by atoms with Crippen molar-refractivity contribution in [2.45, 2.75) is 26.7 Å². The van der Waals surface area contributed by atoms with Gasteiger partial charge in [0.05, 0.1) is 5.92 Å². The van der Waals surface area contributed by atoms with E-state index < -0.39 is 47.7 Å². The summed E-state index contributed by atoms with van der Waals surface area (Å²) in [5.74, 6) is -5.57. The smallest absolute Gasteiger partial charge is 0.321 e. The molecule has 0 aromatic carbocycles. The minimum Gasteiger partial charge on any atom is -0.480 e. The number of carboxylic acids is 2. The summed E-state index contributed by atoms with van der Waals surface area (Å²) in [7, 11) is 0. The third-order valence-corrected chi connectivity index (χ3v) is 3.13. The minimum absolute atomic E-state index is 0.240. The quantitative estimate of drug-likeness (QED) is 0.691. The third kappa shape index (κ3) is 2.07. The van der Waals surface area contributed by atoms with Crippen LogP contribution in [0, 0.1) is 17.3 Å². The van der Waals surface area contributed by atoms with E-state index in [4.69, 9.17) is 10.2 Å². The molecule has 1 aliphatic carbocycles. The summed E-state index contributed by atoms with van der Waals surface area (Å²) in [6.45, 7) is 3.35. The van der Waals surface area contributed by atoms with Crippen molar-refractivity contribution in [1.82, 2.24) is 0 Å². The maximum Gasteiger partial charge on any atom is 0.321 e. The van der Waals surface area contributed by atoms with Gasteiger partial charge >= 0.3 is 11.9 Å². The molecule has 17 heavy (non-hydrogen) atoms. The lowest BCUT2D eigenvalue weighted by molar-refractivity contribution is -0.173. The number of hydrogen-bond donors (Lipinski definition) is 2. The van der Waals surface area contributed by atoms with Gasteiger partial charge in [0.2, 0.25) is 0 Å². The molecule has 0 aliphatic heterocycles. The van der Waals surface area contributed by atoms with Crippen LogP contribution in [0.4, 0.5) is 0 Å². The number of Topliss-reactive ketones (excluding diaryl/α,β-unsaturated/α-hetero) is 2. The monoisotopic (exact) mass is 242 g/mol. The standard InChI is InChI=1S/C11H14O6/c1-5(2)8-6(12)3-11(9(14)15,10(16)17)4-7(8)13/h5,8H,3-4H2,1-2H3,(H,14,15)(H,16,17). The summed E-state index contributed by atoms with van der Waals surface area (Å²) in [4.78, 5) is 45.4. The van der Waals surface area contributed by atoms with Crippen LogP contribution in [-0.2, 0) is 19.2 Å². The predicted octanol–water partition coefficient (Wildman–Crippen LogP) is 0.346. The molecule has 94 valence electrons. The van der Waals surface area contributed by atoms with Crippen LogP contribution in [0.3, 0.4) is 0 Å². The number of carboxylic acid groups (broad SMARTS) is 2. The SMILES string of the molecule is CC(C)C1C(=O)CC(C(=O)O)(C(=O)O)CC1=O. The second kappa shape index (κ2) is 4.27. The first kappa shape index (κ1) is 13.3. The Bertz CT molecular complexity index is 361. The van der Waals surface area contributed by atoms with Crippen molar-refractivity contribution in [1.29, 1.82) is 0 Å². The molecule has 0 spiro atoms. The normalized spacial score (nSPS) is 20.6. The van der Waals surface area contributed by atoms with E-state index in [1.54, 1.807) is 13.8 Å². The Labute approximate surface area is 97.6 Å². The lowest BCUT2D eigenvalue weighted by atomic mass is 9.66. The van der Waals surface area contributed by atoms with Crippen molar-refractivity contribution >= 4 is 23.5 Å². The maximum absolute atomic E-state index is 11.7. The molecule has 1 fully saturated rings. The zero-order valence-corrected chi connectivity index (χ0v) is 9.60. The average molecular weight is 242 g/mol. The van der Waals surface area contributed by atoms with E-state index in [2.05, 4.69) is 0 Å². The van der Waals surface area contributed by atoms with Crippen molar-refractivity contribution < 1.29 is 29.4 Å². The van der Waals surface area contributed by atoms with Gasteiger partial charge in [0, 0.05) is 12.8 Å². The maximum atomic E-state index is 11.7. The molecule has 0 aromatic rings. The molecule has 6 nitrogen and oxygen atoms in total. The average Bonchev–Trinajstić information content (AvgIpc) is 2.14. The van der Waals surface area contributed by atoms with Gasteiger partial charge in [-0.3, -0.25) is 19.2 Å². The van der Waals surface area contributed by atoms with E-state index in [-0.39, 0.29) is 5.92 Å². The number of carbonyl (C=O) groups excluding carboxylic acids is 2. The summed E-state index contributed by atoms with van der Waals surface area (Å²) in [6, 6.07) is 0. The molecule has 1 rings (SSSR count). The van der Waals surface area contributed by atoms with E-state index >= 15 is 0 Å². The first-order chi connectivity index (χ1) is 7.72. The van der Waals surface area contributed by atoms with E-state index in [0.717, 1.165) is 0 Å². The van der Waals surface area contributed by atoms with Crippen molar-refractivity contribution in [3.63, 3.8) is 0 Å². The molecular weight excluding hydrogens is 228 g/mol. The highest BCUT2D eigenvalue weighted by molar-refractivity contribution is 6.14. The summed E-state index contributed by atoms with van der Waals surface area (Å²) < 4.78 is 0. The highest BCUT2D eigenvalue weighted by Crippen LogP contribution is 2.38. The number of hydrogen-bond acceptors (Lipinski definition) is 4. The molecule has 0 amide bonds. The Balaban J connectivity index is 3.13. The predicted molar refractivity (Wildman–Crippen MR) is 55.3 cm³/mol. The van der Waals surface area contributed by atoms with Crippen molar-refractivity contribution in [2.24, 2.45) is 17.3 Å². The van der Waals surface area contributed by atoms with Gasteiger partial charge in [-0.2, -0.15) is 0 Å². The first-order valence-electron chi connectivity index (χ1n) is 5.24. The van der Waals surface area contributed by atoms with Crippen LogP contribution in [0.2, 0.25) is 0 Å². The highest BCUT2D eigenvalue weighted by Gasteiger charge is 2.55. The molecule has 0 heterocycles. The zero-order valence-electron chi connectivity index (χ0n) is 9.60. The van der Waals surface area contributed by atoms with Crippen LogP contribution in [0.25, 0.3) is 0 Å². The van der Waals surface area contributed by atoms with Crippen LogP contribution < -0.4 is 0 Å². The van der Waals surface area contributed by atoms with Crippen LogP contribution >= 0.6 is 0 Å². The summed E-state index contributed by atoms with van der Waals surface area (Å²) >= 11 is 0. The molecule has 1 aliphatic rings. The van der Waals surface area contributed by atoms with Crippen LogP contribution in [0.15, 0.2) is 0 Å². The third-order valence-electron chi connectivity index (χ3n) is 3.13. The van der Waals surface area contributed by atoms with Crippen LogP contribution in [0.5, 0.6) is 0 Å². The molecule has 1 saturated carbocycles. The fraction of sp³-hybridized carbons (Fsp3) is 0.636. The number of aliphatic carboxylic acids is 2. The lowest BCUT2D eigenvalue weighted by Gasteiger charge is -2.32. The van der Waals surface area contributed by atoms with Gasteiger partial charge < -0.3 is 10.2 Å². The topological polar surface area (TPSA) is 109 Å². The molecule has 0 bridgehead atoms. The fourth-order valence-corrected chi connectivity index (χ4v) is 2.19. The van der Waals surface area contributed by atoms with Crippen LogP contribution in [-0.4, -0.2) is 33.7 Å². The van der Waals surface area contributed by atoms with Gasteiger partial charge in [-0.05, 0) is 5.92 Å². The Morgan fingerprint density at radius 3 is 1.71 bits per heavy atom. The van der Waals surface area contributed by atoms with Crippen molar-refractivity contribution in [3.8, 4) is 0 Å². The summed E-state index contributed by atoms with van der Waals surface area (Å²) in [5.41, 5.74) is -2.28. The zero-order chi connectivity index (χ0) is 13.4. The fourth-order valence-electron chi connectivity index (χ4n) is 2.19. The Hall–Kier alpha value is -1.72. The van der Waals surface area contributed by atoms with Gasteiger partial charge in [0.1, 0.15) is 11.6 Å². The summed E-state index contributed by atoms with van der Waals surface area (Å²) in [6.07, 6.45) is -1.24. The van der Waals surface area contributed by atoms with Crippen LogP contribution in [0.1, 0.15) is 26.7 Å². The Morgan fingerprint density at radius 2 is 1.47 bits per heavy atom. The van der Waals surface area contributed by atoms with E-state index in [0.29, 0.717) is 0 Å². The minimum atomic E-state index is -2.28. The largest absolute Gasteiger partial charge is 0.480 e. The molecule has 6 heteroatoms. The molecule has 0 aromatic heterocycles. The lowest BCUT2D eigenvalue weighted by Crippen LogP contribution is -2.50. The number of carbonyl (C=O) groups is 4. The highest BCUT2D eigenvalue weighted by atomic mass is 16.4. The second-order valence-electron chi connectivity index (χ2n) is 4.70. The number of ketones is 2. The molecule has 2 N–H and O–H groups in total. The first-order valence-corrected chi connectivity index (χ1v) is 5.24. The molecule has 0 unspecified atom stereocenters. The second-order valence-corrected chi connectivity index (χ2v) is 4.70. The van der Waals surface area contributed by atoms with Crippen molar-refractivity contribution in [2.75, 3.05) is 0 Å². The molecular formula is C11H14O6. The van der Waals surface area contributed by atoms with Gasteiger partial charge in [0.25, 0.3) is 0 Å². The van der Waals surface area contributed by atoms with Gasteiger partial charge in [-0.15, -0.1) is 0 Å². The van der Waals surface area contributed by atoms with E-state index in [9.17, 15) is 19.2 Å². The van der Waals surface area contributed by atoms with Gasteiger partial charge in [0.15, 0.2) is 5.41 Å². The Kier molecular flexibility index (Phi) is 3.35. The van der Waals surface area contributed by atoms with E-state index in [1.165, 1.54) is 0 Å². The molecule has 0 radical (unpaired) electrons. The Morgan fingerprint density at radius 1 is 1.12 bits per heavy atom. The number of rotatable bonds is 3. The summed E-state index contributed by atoms with van der Waals surface area (Å²) in [5, 5.41) is 17.9. The van der Waals surface area contributed by atoms with Gasteiger partial charge in [-0.25, -0.2) is 0 Å². The molecule has 0 atom stereocenters. The van der Waals surface area contributed by atoms with E-state index in [1.807, 2.05) is 0 Å².